The molecule has 0 spiro atoms. The van der Waals surface area contributed by atoms with Gasteiger partial charge in [-0.15, -0.1) is 0 Å². The molecule has 0 saturated carbocycles. The number of nitrogens with one attached hydrogen (secondary N) is 1. The molecule has 2 atom stereocenters. The van der Waals surface area contributed by atoms with Crippen molar-refractivity contribution in [1.82, 2.24) is 5.32 Å². The fraction of sp³-hybridized carbons (Fsp3) is 0.643. The third-order valence-corrected chi connectivity index (χ3v) is 8.67. The molecule has 0 aliphatic carbocycles. The second kappa shape index (κ2) is 5.25. The lowest BCUT2D eigenvalue weighted by Crippen LogP contribution is -2.43. The predicted molar refractivity (Wildman–Crippen MR) is 78.0 cm³/mol. The molecule has 1 amide bonds. The van der Waals surface area contributed by atoms with E-state index in [1.54, 1.807) is 12.3 Å². The number of amides is 1. The average molecular weight is 297 g/mol. The van der Waals surface area contributed by atoms with E-state index in [1.807, 2.05) is 6.07 Å². The molecule has 1 aliphatic heterocycles. The molecule has 1 aromatic rings. The number of carbonyl (C=O) groups is 1. The smallest absolute Gasteiger partial charge is 0.408 e. The maximum absolute atomic E-state index is 11.5. The van der Waals surface area contributed by atoms with Crippen molar-refractivity contribution >= 4 is 14.4 Å². The number of rotatable bonds is 4. The summed E-state index contributed by atoms with van der Waals surface area (Å²) in [6, 6.07) is 3.35. The standard InChI is InChI=1S/C14H23NO4Si/c1-14(2,3)20(4,5)18-9-11-12(15-13(16)19-11)10-7-6-8-17-10/h6-8,11-12H,9H2,1-5H3,(H,15,16)/t11-,12+/m1/s1. The van der Waals surface area contributed by atoms with Crippen molar-refractivity contribution in [2.24, 2.45) is 0 Å². The van der Waals surface area contributed by atoms with Crippen LogP contribution in [0.3, 0.4) is 0 Å². The van der Waals surface area contributed by atoms with E-state index in [0.29, 0.717) is 12.4 Å². The van der Waals surface area contributed by atoms with E-state index >= 15 is 0 Å². The number of hydrogen-bond acceptors (Lipinski definition) is 4. The van der Waals surface area contributed by atoms with Crippen LogP contribution < -0.4 is 5.32 Å². The van der Waals surface area contributed by atoms with E-state index in [0.717, 1.165) is 0 Å². The van der Waals surface area contributed by atoms with Gasteiger partial charge in [0.1, 0.15) is 11.8 Å². The van der Waals surface area contributed by atoms with Gasteiger partial charge in [0.2, 0.25) is 0 Å². The van der Waals surface area contributed by atoms with Gasteiger partial charge in [0.25, 0.3) is 0 Å². The lowest BCUT2D eigenvalue weighted by atomic mass is 10.1. The van der Waals surface area contributed by atoms with Crippen molar-refractivity contribution in [3.8, 4) is 0 Å². The molecule has 112 valence electrons. The van der Waals surface area contributed by atoms with Crippen LogP contribution in [0.1, 0.15) is 32.6 Å². The van der Waals surface area contributed by atoms with Crippen LogP contribution in [-0.2, 0) is 9.16 Å². The molecular weight excluding hydrogens is 274 g/mol. The zero-order valence-corrected chi connectivity index (χ0v) is 13.7. The Hall–Kier alpha value is -1.27. The second-order valence-electron chi connectivity index (χ2n) is 6.65. The van der Waals surface area contributed by atoms with Gasteiger partial charge in [0.15, 0.2) is 14.4 Å². The highest BCUT2D eigenvalue weighted by molar-refractivity contribution is 6.74. The Kier molecular flexibility index (Phi) is 3.97. The summed E-state index contributed by atoms with van der Waals surface area (Å²) in [7, 11) is -1.86. The van der Waals surface area contributed by atoms with Gasteiger partial charge < -0.3 is 18.9 Å². The van der Waals surface area contributed by atoms with Gasteiger partial charge in [-0.05, 0) is 30.3 Å². The van der Waals surface area contributed by atoms with Gasteiger partial charge in [-0.1, -0.05) is 20.8 Å². The molecule has 2 heterocycles. The van der Waals surface area contributed by atoms with Gasteiger partial charge in [-0.3, -0.25) is 0 Å². The van der Waals surface area contributed by atoms with Crippen molar-refractivity contribution in [1.29, 1.82) is 0 Å². The number of furan rings is 1. The van der Waals surface area contributed by atoms with Crippen LogP contribution in [-0.4, -0.2) is 27.1 Å². The van der Waals surface area contributed by atoms with E-state index in [4.69, 9.17) is 13.6 Å². The van der Waals surface area contributed by atoms with Crippen molar-refractivity contribution in [3.63, 3.8) is 0 Å². The van der Waals surface area contributed by atoms with E-state index in [-0.39, 0.29) is 17.2 Å². The molecule has 1 fully saturated rings. The fourth-order valence-corrected chi connectivity index (χ4v) is 2.83. The first kappa shape index (κ1) is 15.1. The summed E-state index contributed by atoms with van der Waals surface area (Å²) in [5.41, 5.74) is 0. The summed E-state index contributed by atoms with van der Waals surface area (Å²) < 4.78 is 16.8. The highest BCUT2D eigenvalue weighted by atomic mass is 28.4. The Morgan fingerprint density at radius 2 is 2.10 bits per heavy atom. The molecule has 1 N–H and O–H groups in total. The highest BCUT2D eigenvalue weighted by Gasteiger charge is 2.42. The van der Waals surface area contributed by atoms with Gasteiger partial charge in [0.05, 0.1) is 12.9 Å². The Balaban J connectivity index is 2.03. The van der Waals surface area contributed by atoms with E-state index < -0.39 is 14.4 Å². The highest BCUT2D eigenvalue weighted by Crippen LogP contribution is 2.37. The number of carbonyl (C=O) groups excluding carboxylic acids is 1. The third kappa shape index (κ3) is 3.07. The van der Waals surface area contributed by atoms with Gasteiger partial charge >= 0.3 is 6.09 Å². The first-order chi connectivity index (χ1) is 9.21. The summed E-state index contributed by atoms with van der Waals surface area (Å²) in [6.07, 6.45) is 0.823. The second-order valence-corrected chi connectivity index (χ2v) is 11.5. The average Bonchev–Trinajstić information content (AvgIpc) is 2.93. The van der Waals surface area contributed by atoms with Crippen LogP contribution in [0.2, 0.25) is 18.1 Å². The van der Waals surface area contributed by atoms with E-state index in [9.17, 15) is 4.79 Å². The lowest BCUT2D eigenvalue weighted by Gasteiger charge is -2.36. The SMILES string of the molecule is CC(C)(C)[Si](C)(C)OC[C@H]1OC(=O)N[C@H]1c1ccco1. The Bertz CT molecular complexity index is 464. The van der Waals surface area contributed by atoms with Gasteiger partial charge in [-0.2, -0.15) is 0 Å². The first-order valence-corrected chi connectivity index (χ1v) is 9.76. The van der Waals surface area contributed by atoms with E-state index in [2.05, 4.69) is 39.2 Å². The zero-order chi connectivity index (χ0) is 15.0. The monoisotopic (exact) mass is 297 g/mol. The van der Waals surface area contributed by atoms with Crippen LogP contribution >= 0.6 is 0 Å². The summed E-state index contributed by atoms with van der Waals surface area (Å²) in [5, 5.41) is 2.89. The molecule has 5 nitrogen and oxygen atoms in total. The Morgan fingerprint density at radius 1 is 1.40 bits per heavy atom. The molecule has 0 unspecified atom stereocenters. The molecule has 0 bridgehead atoms. The number of alkyl carbamates (subject to hydrolysis) is 1. The van der Waals surface area contributed by atoms with Crippen LogP contribution in [0.15, 0.2) is 22.8 Å². The molecule has 1 aromatic heterocycles. The largest absolute Gasteiger partial charge is 0.467 e. The van der Waals surface area contributed by atoms with Gasteiger partial charge in [0, 0.05) is 0 Å². The number of ether oxygens (including phenoxy) is 1. The topological polar surface area (TPSA) is 60.7 Å². The van der Waals surface area contributed by atoms with Crippen molar-refractivity contribution in [2.45, 2.75) is 51.0 Å². The molecule has 6 heteroatoms. The minimum Gasteiger partial charge on any atom is -0.467 e. The molecule has 0 radical (unpaired) electrons. The molecular formula is C14H23NO4Si. The number of cyclic esters (lactones) is 1. The van der Waals surface area contributed by atoms with Crippen LogP contribution in [0, 0.1) is 0 Å². The molecule has 1 aliphatic rings. The third-order valence-electron chi connectivity index (χ3n) is 4.17. The van der Waals surface area contributed by atoms with Crippen LogP contribution in [0.5, 0.6) is 0 Å². The summed E-state index contributed by atoms with van der Waals surface area (Å²) in [5.74, 6) is 0.694. The van der Waals surface area contributed by atoms with Crippen LogP contribution in [0.25, 0.3) is 0 Å². The molecule has 20 heavy (non-hydrogen) atoms. The van der Waals surface area contributed by atoms with Crippen molar-refractivity contribution in [3.05, 3.63) is 24.2 Å². The zero-order valence-electron chi connectivity index (χ0n) is 12.7. The quantitative estimate of drug-likeness (QED) is 0.865. The maximum atomic E-state index is 11.5. The van der Waals surface area contributed by atoms with Crippen LogP contribution in [0.4, 0.5) is 4.79 Å². The first-order valence-electron chi connectivity index (χ1n) is 6.85. The molecule has 1 saturated heterocycles. The normalized spacial score (nSPS) is 23.6. The number of hydrogen-bond donors (Lipinski definition) is 1. The maximum Gasteiger partial charge on any atom is 0.408 e. The van der Waals surface area contributed by atoms with E-state index in [1.165, 1.54) is 0 Å². The Morgan fingerprint density at radius 3 is 2.65 bits per heavy atom. The Labute approximate surface area is 120 Å². The molecule has 2 rings (SSSR count). The lowest BCUT2D eigenvalue weighted by molar-refractivity contribution is 0.0833. The predicted octanol–water partition coefficient (Wildman–Crippen LogP) is 3.45. The summed E-state index contributed by atoms with van der Waals surface area (Å²) in [4.78, 5) is 11.5. The molecule has 0 aromatic carbocycles. The minimum atomic E-state index is -1.86. The summed E-state index contributed by atoms with van der Waals surface area (Å²) in [6.45, 7) is 11.3. The van der Waals surface area contributed by atoms with Crippen molar-refractivity contribution < 1.29 is 18.4 Å². The van der Waals surface area contributed by atoms with Crippen molar-refractivity contribution in [2.75, 3.05) is 6.61 Å². The summed E-state index contributed by atoms with van der Waals surface area (Å²) >= 11 is 0. The van der Waals surface area contributed by atoms with Gasteiger partial charge in [-0.25, -0.2) is 4.79 Å². The fourth-order valence-electron chi connectivity index (χ4n) is 1.82. The minimum absolute atomic E-state index is 0.128.